The Labute approximate surface area is 120 Å². The van der Waals surface area contributed by atoms with E-state index >= 15 is 0 Å². The first kappa shape index (κ1) is 13.4. The molecular weight excluding hydrogens is 246 g/mol. The monoisotopic (exact) mass is 269 g/mol. The molecule has 2 aromatic carbocycles. The lowest BCUT2D eigenvalue weighted by atomic mass is 9.96. The predicted molar refractivity (Wildman–Crippen MR) is 84.1 cm³/mol. The smallest absolute Gasteiger partial charge is 0.132 e. The van der Waals surface area contributed by atoms with Crippen molar-refractivity contribution in [2.45, 2.75) is 51.2 Å². The van der Waals surface area contributed by atoms with Gasteiger partial charge in [0.1, 0.15) is 5.75 Å². The summed E-state index contributed by atoms with van der Waals surface area (Å²) in [6.07, 6.45) is 6.59. The van der Waals surface area contributed by atoms with Crippen LogP contribution in [-0.4, -0.2) is 6.10 Å². The maximum atomic E-state index is 6.38. The minimum absolute atomic E-state index is 0.00167. The van der Waals surface area contributed by atoms with Crippen molar-refractivity contribution in [3.8, 4) is 5.75 Å². The minimum Gasteiger partial charge on any atom is -0.489 e. The first-order valence-electron chi connectivity index (χ1n) is 7.69. The van der Waals surface area contributed by atoms with Gasteiger partial charge in [0.2, 0.25) is 0 Å². The molecule has 2 nitrogen and oxygen atoms in total. The number of nitrogens with two attached hydrogens (primary N) is 1. The van der Waals surface area contributed by atoms with Crippen LogP contribution in [0.25, 0.3) is 10.8 Å². The normalized spacial score (nSPS) is 18.1. The summed E-state index contributed by atoms with van der Waals surface area (Å²) in [5.74, 6) is 1.00. The summed E-state index contributed by atoms with van der Waals surface area (Å²) < 4.78 is 6.38. The third-order valence-electron chi connectivity index (χ3n) is 4.24. The molecule has 0 saturated heterocycles. The van der Waals surface area contributed by atoms with E-state index in [-0.39, 0.29) is 6.04 Å². The van der Waals surface area contributed by atoms with Crippen LogP contribution in [0.4, 0.5) is 0 Å². The molecule has 1 aliphatic rings. The van der Waals surface area contributed by atoms with Gasteiger partial charge in [-0.1, -0.05) is 42.8 Å². The lowest BCUT2D eigenvalue weighted by Crippen LogP contribution is -2.21. The van der Waals surface area contributed by atoms with Crippen LogP contribution < -0.4 is 10.5 Å². The average molecular weight is 269 g/mol. The van der Waals surface area contributed by atoms with Crippen molar-refractivity contribution in [1.82, 2.24) is 0 Å². The summed E-state index contributed by atoms with van der Waals surface area (Å²) in [5, 5.41) is 2.41. The molecule has 1 fully saturated rings. The van der Waals surface area contributed by atoms with E-state index in [2.05, 4.69) is 36.4 Å². The van der Waals surface area contributed by atoms with Gasteiger partial charge in [-0.25, -0.2) is 0 Å². The fraction of sp³-hybridized carbons (Fsp3) is 0.444. The molecule has 0 aliphatic heterocycles. The molecule has 20 heavy (non-hydrogen) atoms. The van der Waals surface area contributed by atoms with Crippen LogP contribution in [0, 0.1) is 0 Å². The molecule has 2 heteroatoms. The van der Waals surface area contributed by atoms with Crippen molar-refractivity contribution in [3.05, 3.63) is 42.0 Å². The highest BCUT2D eigenvalue weighted by molar-refractivity contribution is 5.89. The Morgan fingerprint density at radius 3 is 2.55 bits per heavy atom. The highest BCUT2D eigenvalue weighted by Gasteiger charge is 2.19. The molecule has 1 saturated carbocycles. The highest BCUT2D eigenvalue weighted by Crippen LogP contribution is 2.35. The molecule has 2 N–H and O–H groups in total. The SMILES string of the molecule is C[C@H](N)c1ccc2ccccc2c1OC1CCCCC1. The molecule has 0 amide bonds. The Morgan fingerprint density at radius 1 is 1.05 bits per heavy atom. The van der Waals surface area contributed by atoms with E-state index in [0.29, 0.717) is 6.10 Å². The van der Waals surface area contributed by atoms with E-state index in [9.17, 15) is 0 Å². The largest absolute Gasteiger partial charge is 0.489 e. The van der Waals surface area contributed by atoms with E-state index < -0.39 is 0 Å². The second-order valence-electron chi connectivity index (χ2n) is 5.87. The lowest BCUT2D eigenvalue weighted by Gasteiger charge is -2.26. The number of hydrogen-bond acceptors (Lipinski definition) is 2. The molecule has 0 radical (unpaired) electrons. The molecular formula is C18H23NO. The van der Waals surface area contributed by atoms with Crippen LogP contribution in [0.5, 0.6) is 5.75 Å². The molecule has 1 atom stereocenters. The maximum absolute atomic E-state index is 6.38. The Kier molecular flexibility index (Phi) is 3.93. The van der Waals surface area contributed by atoms with Crippen LogP contribution in [0.15, 0.2) is 36.4 Å². The molecule has 0 bridgehead atoms. The Balaban J connectivity index is 2.02. The van der Waals surface area contributed by atoms with Gasteiger partial charge in [0, 0.05) is 17.0 Å². The van der Waals surface area contributed by atoms with Crippen molar-refractivity contribution >= 4 is 10.8 Å². The standard InChI is InChI=1S/C18H23NO/c1-13(19)16-12-11-14-7-5-6-10-17(14)18(16)20-15-8-3-2-4-9-15/h5-7,10-13,15H,2-4,8-9,19H2,1H3/t13-/m0/s1. The summed E-state index contributed by atoms with van der Waals surface area (Å²) in [5.41, 5.74) is 7.25. The Bertz CT molecular complexity index is 585. The van der Waals surface area contributed by atoms with Crippen LogP contribution in [0.3, 0.4) is 0 Å². The number of rotatable bonds is 3. The molecule has 0 aromatic heterocycles. The second kappa shape index (κ2) is 5.84. The zero-order valence-electron chi connectivity index (χ0n) is 12.1. The van der Waals surface area contributed by atoms with E-state index in [4.69, 9.17) is 10.5 Å². The molecule has 0 unspecified atom stereocenters. The number of benzene rings is 2. The zero-order chi connectivity index (χ0) is 13.9. The molecule has 0 heterocycles. The third-order valence-corrected chi connectivity index (χ3v) is 4.24. The van der Waals surface area contributed by atoms with Gasteiger partial charge in [0.25, 0.3) is 0 Å². The first-order chi connectivity index (χ1) is 9.75. The van der Waals surface area contributed by atoms with Crippen molar-refractivity contribution in [2.24, 2.45) is 5.73 Å². The number of hydrogen-bond donors (Lipinski definition) is 1. The molecule has 1 aliphatic carbocycles. The minimum atomic E-state index is -0.00167. The Hall–Kier alpha value is -1.54. The van der Waals surface area contributed by atoms with Gasteiger partial charge >= 0.3 is 0 Å². The van der Waals surface area contributed by atoms with Gasteiger partial charge in [0.05, 0.1) is 6.10 Å². The summed E-state index contributed by atoms with van der Waals surface area (Å²) in [6, 6.07) is 12.7. The summed E-state index contributed by atoms with van der Waals surface area (Å²) in [7, 11) is 0. The quantitative estimate of drug-likeness (QED) is 0.885. The number of fused-ring (bicyclic) bond motifs is 1. The molecule has 2 aromatic rings. The summed E-state index contributed by atoms with van der Waals surface area (Å²) in [6.45, 7) is 2.03. The van der Waals surface area contributed by atoms with E-state index in [1.807, 2.05) is 6.92 Å². The first-order valence-corrected chi connectivity index (χ1v) is 7.69. The molecule has 3 rings (SSSR count). The van der Waals surface area contributed by atoms with Crippen molar-refractivity contribution in [3.63, 3.8) is 0 Å². The molecule has 0 spiro atoms. The van der Waals surface area contributed by atoms with Crippen molar-refractivity contribution < 1.29 is 4.74 Å². The maximum Gasteiger partial charge on any atom is 0.132 e. The van der Waals surface area contributed by atoms with Crippen LogP contribution >= 0.6 is 0 Å². The molecule has 106 valence electrons. The Morgan fingerprint density at radius 2 is 1.80 bits per heavy atom. The fourth-order valence-electron chi connectivity index (χ4n) is 3.10. The van der Waals surface area contributed by atoms with E-state index in [1.54, 1.807) is 0 Å². The van der Waals surface area contributed by atoms with E-state index in [1.165, 1.54) is 42.9 Å². The van der Waals surface area contributed by atoms with Gasteiger partial charge < -0.3 is 10.5 Å². The lowest BCUT2D eigenvalue weighted by molar-refractivity contribution is 0.155. The zero-order valence-corrected chi connectivity index (χ0v) is 12.1. The van der Waals surface area contributed by atoms with Crippen LogP contribution in [-0.2, 0) is 0 Å². The van der Waals surface area contributed by atoms with Gasteiger partial charge in [-0.3, -0.25) is 0 Å². The van der Waals surface area contributed by atoms with E-state index in [0.717, 1.165) is 11.3 Å². The average Bonchev–Trinajstić information content (AvgIpc) is 2.48. The summed E-state index contributed by atoms with van der Waals surface area (Å²) >= 11 is 0. The van der Waals surface area contributed by atoms with Gasteiger partial charge in [-0.15, -0.1) is 0 Å². The predicted octanol–water partition coefficient (Wildman–Crippen LogP) is 4.57. The third kappa shape index (κ3) is 2.66. The van der Waals surface area contributed by atoms with Crippen molar-refractivity contribution in [2.75, 3.05) is 0 Å². The summed E-state index contributed by atoms with van der Waals surface area (Å²) in [4.78, 5) is 0. The van der Waals surface area contributed by atoms with Gasteiger partial charge in [-0.05, 0) is 38.0 Å². The highest BCUT2D eigenvalue weighted by atomic mass is 16.5. The topological polar surface area (TPSA) is 35.2 Å². The van der Waals surface area contributed by atoms with Crippen LogP contribution in [0.1, 0.15) is 50.6 Å². The van der Waals surface area contributed by atoms with Gasteiger partial charge in [0.15, 0.2) is 0 Å². The number of ether oxygens (including phenoxy) is 1. The van der Waals surface area contributed by atoms with Crippen LogP contribution in [0.2, 0.25) is 0 Å². The van der Waals surface area contributed by atoms with Gasteiger partial charge in [-0.2, -0.15) is 0 Å². The fourth-order valence-corrected chi connectivity index (χ4v) is 3.10. The second-order valence-corrected chi connectivity index (χ2v) is 5.87. The van der Waals surface area contributed by atoms with Crippen molar-refractivity contribution in [1.29, 1.82) is 0 Å².